The van der Waals surface area contributed by atoms with Crippen molar-refractivity contribution in [3.63, 3.8) is 0 Å². The molecule has 0 fully saturated rings. The quantitative estimate of drug-likeness (QED) is 0.0202. The van der Waals surface area contributed by atoms with Crippen LogP contribution in [0.2, 0.25) is 0 Å². The van der Waals surface area contributed by atoms with Crippen molar-refractivity contribution in [2.75, 3.05) is 13.2 Å². The van der Waals surface area contributed by atoms with Crippen molar-refractivity contribution in [1.29, 1.82) is 0 Å². The zero-order chi connectivity index (χ0) is 44.4. The zero-order valence-corrected chi connectivity index (χ0v) is 38.4. The highest BCUT2D eigenvalue weighted by Crippen LogP contribution is 2.10. The summed E-state index contributed by atoms with van der Waals surface area (Å²) < 4.78 is 16.6. The molecule has 0 aromatic heterocycles. The van der Waals surface area contributed by atoms with E-state index < -0.39 is 6.10 Å². The zero-order valence-electron chi connectivity index (χ0n) is 38.4. The molecule has 1 atom stereocenters. The molecule has 0 amide bonds. The first-order chi connectivity index (χ1) is 30.0. The first-order valence-corrected chi connectivity index (χ1v) is 23.4. The number of carbonyl (C=O) groups excluding carboxylic acids is 3. The van der Waals surface area contributed by atoms with Crippen molar-refractivity contribution in [2.24, 2.45) is 0 Å². The molecule has 6 heteroatoms. The van der Waals surface area contributed by atoms with Gasteiger partial charge in [0.05, 0.1) is 0 Å². The number of carbonyl (C=O) groups is 3. The van der Waals surface area contributed by atoms with Crippen LogP contribution in [-0.2, 0) is 28.6 Å². The van der Waals surface area contributed by atoms with Gasteiger partial charge in [-0.05, 0) is 96.3 Å². The number of ether oxygens (including phenoxy) is 3. The van der Waals surface area contributed by atoms with Crippen LogP contribution in [0.25, 0.3) is 0 Å². The lowest BCUT2D eigenvalue weighted by Gasteiger charge is -2.18. The summed E-state index contributed by atoms with van der Waals surface area (Å²) >= 11 is 0. The highest BCUT2D eigenvalue weighted by Gasteiger charge is 2.19. The topological polar surface area (TPSA) is 78.9 Å². The Morgan fingerprint density at radius 2 is 0.721 bits per heavy atom. The van der Waals surface area contributed by atoms with Crippen LogP contribution in [0.15, 0.2) is 146 Å². The van der Waals surface area contributed by atoms with E-state index in [1.54, 1.807) is 0 Å². The molecule has 0 spiro atoms. The fourth-order valence-corrected chi connectivity index (χ4v) is 5.51. The van der Waals surface area contributed by atoms with Crippen LogP contribution in [0.4, 0.5) is 0 Å². The Bertz CT molecular complexity index is 1430. The molecule has 0 aliphatic heterocycles. The third kappa shape index (κ3) is 46.2. The van der Waals surface area contributed by atoms with Gasteiger partial charge in [-0.15, -0.1) is 0 Å². The minimum Gasteiger partial charge on any atom is -0.462 e. The summed E-state index contributed by atoms with van der Waals surface area (Å²) in [5.41, 5.74) is 0. The molecule has 61 heavy (non-hydrogen) atoms. The van der Waals surface area contributed by atoms with Gasteiger partial charge in [0.15, 0.2) is 6.10 Å². The summed E-state index contributed by atoms with van der Waals surface area (Å²) in [6.07, 6.45) is 68.4. The van der Waals surface area contributed by atoms with E-state index in [4.69, 9.17) is 14.2 Å². The molecular weight excluding hydrogens is 757 g/mol. The molecule has 0 N–H and O–H groups in total. The van der Waals surface area contributed by atoms with Gasteiger partial charge in [0, 0.05) is 19.3 Å². The molecule has 338 valence electrons. The highest BCUT2D eigenvalue weighted by atomic mass is 16.6. The summed E-state index contributed by atoms with van der Waals surface area (Å²) in [7, 11) is 0. The van der Waals surface area contributed by atoms with Gasteiger partial charge in [-0.1, -0.05) is 192 Å². The van der Waals surface area contributed by atoms with Gasteiger partial charge in [-0.25, -0.2) is 0 Å². The van der Waals surface area contributed by atoms with E-state index in [1.807, 2.05) is 72.9 Å². The second kappa shape index (κ2) is 48.0. The number of hydrogen-bond donors (Lipinski definition) is 0. The van der Waals surface area contributed by atoms with Crippen molar-refractivity contribution in [3.8, 4) is 0 Å². The van der Waals surface area contributed by atoms with Gasteiger partial charge >= 0.3 is 17.9 Å². The molecule has 0 aromatic rings. The Kier molecular flexibility index (Phi) is 44.3. The smallest absolute Gasteiger partial charge is 0.306 e. The average Bonchev–Trinajstić information content (AvgIpc) is 3.26. The molecular formula is C55H82O6. The minimum absolute atomic E-state index is 0.139. The predicted molar refractivity (Wildman–Crippen MR) is 260 cm³/mol. The van der Waals surface area contributed by atoms with Crippen LogP contribution in [0.1, 0.15) is 162 Å². The van der Waals surface area contributed by atoms with Crippen molar-refractivity contribution in [3.05, 3.63) is 146 Å². The second-order valence-electron chi connectivity index (χ2n) is 14.7. The maximum atomic E-state index is 12.7. The lowest BCUT2D eigenvalue weighted by molar-refractivity contribution is -0.167. The van der Waals surface area contributed by atoms with Crippen LogP contribution < -0.4 is 0 Å². The minimum atomic E-state index is -0.842. The Morgan fingerprint density at radius 1 is 0.361 bits per heavy atom. The van der Waals surface area contributed by atoms with Gasteiger partial charge in [0.1, 0.15) is 13.2 Å². The van der Waals surface area contributed by atoms with Crippen LogP contribution in [-0.4, -0.2) is 37.2 Å². The summed E-state index contributed by atoms with van der Waals surface area (Å²) in [4.78, 5) is 37.8. The monoisotopic (exact) mass is 839 g/mol. The van der Waals surface area contributed by atoms with Crippen molar-refractivity contribution < 1.29 is 28.6 Å². The summed E-state index contributed by atoms with van der Waals surface area (Å²) in [5.74, 6) is -1.09. The Hall–Kier alpha value is -4.71. The number of allylic oxidation sites excluding steroid dienone is 24. The van der Waals surface area contributed by atoms with Gasteiger partial charge in [0.2, 0.25) is 0 Å². The fraction of sp³-hybridized carbons (Fsp3) is 0.509. The highest BCUT2D eigenvalue weighted by molar-refractivity contribution is 5.71. The van der Waals surface area contributed by atoms with Gasteiger partial charge in [-0.3, -0.25) is 14.4 Å². The maximum Gasteiger partial charge on any atom is 0.306 e. The van der Waals surface area contributed by atoms with Crippen LogP contribution in [0.3, 0.4) is 0 Å². The predicted octanol–water partition coefficient (Wildman–Crippen LogP) is 15.3. The third-order valence-corrected chi connectivity index (χ3v) is 9.00. The standard InChI is InChI=1S/C55H82O6/c1-4-7-10-13-16-19-22-25-26-27-28-31-33-36-39-42-45-48-54(57)60-51-52(61-55(58)49-46-43-40-37-34-30-24-21-18-15-12-9-6-3)50-59-53(56)47-44-41-38-35-32-29-23-20-17-14-11-8-5-2/h8-9,11-12,14-21,23-26,28-32,34,36,39,52H,4-7,10,13,22,27,33,35,37-38,40-51H2,1-3H3/b11-8+,12-9+,17-14+,18-15+,19-16+,23-20+,24-21+,26-25+,31-28+,32-29+,34-30+,39-36+. The molecule has 0 aliphatic carbocycles. The molecule has 6 nitrogen and oxygen atoms in total. The molecule has 0 saturated heterocycles. The van der Waals surface area contributed by atoms with E-state index >= 15 is 0 Å². The van der Waals surface area contributed by atoms with Gasteiger partial charge in [0.25, 0.3) is 0 Å². The molecule has 1 unspecified atom stereocenters. The molecule has 0 aromatic carbocycles. The SMILES string of the molecule is CC/C=C/C=C/C=C/C=C/CCCCCC(=O)OCC(COC(=O)CCC/C=C/C/C=C/C/C=C/C/C=C/CCCCC)OC(=O)CCCCC/C=C/C=C/C=C/C=C/CC. The molecule has 0 saturated carbocycles. The van der Waals surface area contributed by atoms with E-state index in [-0.39, 0.29) is 50.4 Å². The largest absolute Gasteiger partial charge is 0.462 e. The first kappa shape index (κ1) is 56.3. The maximum absolute atomic E-state index is 12.7. The number of unbranched alkanes of at least 4 members (excludes halogenated alkanes) is 10. The number of hydrogen-bond acceptors (Lipinski definition) is 6. The van der Waals surface area contributed by atoms with E-state index in [1.165, 1.54) is 25.7 Å². The summed E-state index contributed by atoms with van der Waals surface area (Å²) in [5, 5.41) is 0. The third-order valence-electron chi connectivity index (χ3n) is 9.00. The fourth-order valence-electron chi connectivity index (χ4n) is 5.51. The normalized spacial score (nSPS) is 13.4. The first-order valence-electron chi connectivity index (χ1n) is 23.4. The lowest BCUT2D eigenvalue weighted by Crippen LogP contribution is -2.30. The number of esters is 3. The van der Waals surface area contributed by atoms with Crippen LogP contribution >= 0.6 is 0 Å². The molecule has 0 bridgehead atoms. The molecule has 0 radical (unpaired) electrons. The molecule has 0 rings (SSSR count). The Labute approximate surface area is 372 Å². The second-order valence-corrected chi connectivity index (χ2v) is 14.7. The van der Waals surface area contributed by atoms with E-state index in [9.17, 15) is 14.4 Å². The molecule has 0 heterocycles. The Balaban J connectivity index is 4.63. The van der Waals surface area contributed by atoms with Crippen molar-refractivity contribution >= 4 is 17.9 Å². The van der Waals surface area contributed by atoms with E-state index in [0.29, 0.717) is 19.3 Å². The van der Waals surface area contributed by atoms with Crippen molar-refractivity contribution in [1.82, 2.24) is 0 Å². The molecule has 0 aliphatic rings. The van der Waals surface area contributed by atoms with Crippen LogP contribution in [0.5, 0.6) is 0 Å². The lowest BCUT2D eigenvalue weighted by atomic mass is 10.1. The van der Waals surface area contributed by atoms with Crippen molar-refractivity contribution in [2.45, 2.75) is 168 Å². The van der Waals surface area contributed by atoms with E-state index in [0.717, 1.165) is 77.0 Å². The Morgan fingerprint density at radius 3 is 1.18 bits per heavy atom. The summed E-state index contributed by atoms with van der Waals surface area (Å²) in [6, 6.07) is 0. The van der Waals surface area contributed by atoms with E-state index in [2.05, 4.69) is 93.7 Å². The van der Waals surface area contributed by atoms with Gasteiger partial charge in [-0.2, -0.15) is 0 Å². The van der Waals surface area contributed by atoms with Crippen LogP contribution in [0, 0.1) is 0 Å². The number of rotatable bonds is 39. The summed E-state index contributed by atoms with van der Waals surface area (Å²) in [6.45, 7) is 6.16. The van der Waals surface area contributed by atoms with Gasteiger partial charge < -0.3 is 14.2 Å². The average molecular weight is 839 g/mol.